The maximum absolute atomic E-state index is 10.6. The summed E-state index contributed by atoms with van der Waals surface area (Å²) in [6, 6.07) is 8.51. The zero-order valence-corrected chi connectivity index (χ0v) is 12.5. The average molecular weight is 284 g/mol. The Kier molecular flexibility index (Phi) is 7.10. The SMILES string of the molecule is CCCCCc1cccc(CCCCS(=O)(=O)O)c1. The average Bonchev–Trinajstić information content (AvgIpc) is 2.35. The fraction of sp³-hybridized carbons (Fsp3) is 0.600. The van der Waals surface area contributed by atoms with Crippen LogP contribution in [0.25, 0.3) is 0 Å². The first-order chi connectivity index (χ1) is 9.01. The van der Waals surface area contributed by atoms with Crippen molar-refractivity contribution in [1.82, 2.24) is 0 Å². The summed E-state index contributed by atoms with van der Waals surface area (Å²) in [4.78, 5) is 0. The van der Waals surface area contributed by atoms with Crippen LogP contribution in [0.3, 0.4) is 0 Å². The van der Waals surface area contributed by atoms with Crippen molar-refractivity contribution in [3.05, 3.63) is 35.4 Å². The molecule has 3 nitrogen and oxygen atoms in total. The van der Waals surface area contributed by atoms with E-state index in [4.69, 9.17) is 4.55 Å². The number of unbranched alkanes of at least 4 members (excludes halogenated alkanes) is 3. The van der Waals surface area contributed by atoms with Crippen molar-refractivity contribution in [2.45, 2.75) is 51.9 Å². The monoisotopic (exact) mass is 284 g/mol. The van der Waals surface area contributed by atoms with Crippen molar-refractivity contribution < 1.29 is 13.0 Å². The lowest BCUT2D eigenvalue weighted by Gasteiger charge is -2.05. The molecular weight excluding hydrogens is 260 g/mol. The highest BCUT2D eigenvalue weighted by atomic mass is 32.2. The van der Waals surface area contributed by atoms with E-state index in [1.54, 1.807) is 0 Å². The van der Waals surface area contributed by atoms with Gasteiger partial charge in [0.15, 0.2) is 0 Å². The minimum Gasteiger partial charge on any atom is -0.286 e. The van der Waals surface area contributed by atoms with Crippen molar-refractivity contribution in [2.75, 3.05) is 5.75 Å². The number of aryl methyl sites for hydroxylation is 2. The van der Waals surface area contributed by atoms with Crippen LogP contribution in [0.2, 0.25) is 0 Å². The van der Waals surface area contributed by atoms with Gasteiger partial charge in [-0.2, -0.15) is 8.42 Å². The highest BCUT2D eigenvalue weighted by Gasteiger charge is 2.04. The van der Waals surface area contributed by atoms with E-state index in [1.165, 1.54) is 30.4 Å². The quantitative estimate of drug-likeness (QED) is 0.556. The van der Waals surface area contributed by atoms with E-state index in [1.807, 2.05) is 0 Å². The fourth-order valence-electron chi connectivity index (χ4n) is 2.13. The van der Waals surface area contributed by atoms with Gasteiger partial charge in [-0.25, -0.2) is 0 Å². The molecule has 0 aliphatic heterocycles. The topological polar surface area (TPSA) is 54.4 Å². The normalized spacial score (nSPS) is 11.7. The molecule has 0 bridgehead atoms. The second-order valence-electron chi connectivity index (χ2n) is 5.02. The molecule has 0 radical (unpaired) electrons. The lowest BCUT2D eigenvalue weighted by Crippen LogP contribution is -2.04. The van der Waals surface area contributed by atoms with Crippen LogP contribution < -0.4 is 0 Å². The van der Waals surface area contributed by atoms with Crippen LogP contribution in [0.4, 0.5) is 0 Å². The van der Waals surface area contributed by atoms with Gasteiger partial charge in [-0.05, 0) is 43.2 Å². The predicted molar refractivity (Wildman–Crippen MR) is 79.0 cm³/mol. The largest absolute Gasteiger partial charge is 0.286 e. The number of benzene rings is 1. The standard InChI is InChI=1S/C15H24O3S/c1-2-3-4-8-14-10-7-11-15(13-14)9-5-6-12-19(16,17)18/h7,10-11,13H,2-6,8-9,12H2,1H3,(H,16,17,18). The van der Waals surface area contributed by atoms with E-state index in [0.717, 1.165) is 19.3 Å². The Labute approximate surface area is 116 Å². The first-order valence-electron chi connectivity index (χ1n) is 7.04. The molecule has 1 N–H and O–H groups in total. The maximum atomic E-state index is 10.6. The van der Waals surface area contributed by atoms with Crippen LogP contribution in [0, 0.1) is 0 Å². The molecule has 1 aromatic rings. The Hall–Kier alpha value is -0.870. The molecule has 4 heteroatoms. The summed E-state index contributed by atoms with van der Waals surface area (Å²) in [5, 5.41) is 0. The predicted octanol–water partition coefficient (Wildman–Crippen LogP) is 3.63. The summed E-state index contributed by atoms with van der Waals surface area (Å²) in [7, 11) is -3.80. The van der Waals surface area contributed by atoms with Gasteiger partial charge in [-0.1, -0.05) is 44.0 Å². The molecule has 0 aliphatic carbocycles. The van der Waals surface area contributed by atoms with Crippen molar-refractivity contribution >= 4 is 10.1 Å². The Morgan fingerprint density at radius 2 is 1.58 bits per heavy atom. The van der Waals surface area contributed by atoms with E-state index in [0.29, 0.717) is 6.42 Å². The van der Waals surface area contributed by atoms with Crippen LogP contribution >= 0.6 is 0 Å². The van der Waals surface area contributed by atoms with E-state index < -0.39 is 10.1 Å². The summed E-state index contributed by atoms with van der Waals surface area (Å²) in [5.74, 6) is -0.136. The highest BCUT2D eigenvalue weighted by Crippen LogP contribution is 2.12. The Bertz CT molecular complexity index is 466. The van der Waals surface area contributed by atoms with E-state index in [-0.39, 0.29) is 5.75 Å². The van der Waals surface area contributed by atoms with Crippen molar-refractivity contribution in [3.63, 3.8) is 0 Å². The Balaban J connectivity index is 2.35. The lowest BCUT2D eigenvalue weighted by molar-refractivity contribution is 0.480. The molecule has 0 amide bonds. The second-order valence-corrected chi connectivity index (χ2v) is 6.59. The number of hydrogen-bond acceptors (Lipinski definition) is 2. The van der Waals surface area contributed by atoms with Crippen LogP contribution in [-0.2, 0) is 23.0 Å². The molecule has 0 aromatic heterocycles. The molecule has 108 valence electrons. The Morgan fingerprint density at radius 3 is 2.11 bits per heavy atom. The van der Waals surface area contributed by atoms with Gasteiger partial charge in [0.05, 0.1) is 5.75 Å². The molecule has 0 spiro atoms. The fourth-order valence-corrected chi connectivity index (χ4v) is 2.70. The van der Waals surface area contributed by atoms with Gasteiger partial charge in [-0.3, -0.25) is 4.55 Å². The third-order valence-corrected chi connectivity index (χ3v) is 3.98. The van der Waals surface area contributed by atoms with Gasteiger partial charge >= 0.3 is 0 Å². The van der Waals surface area contributed by atoms with Crippen molar-refractivity contribution in [3.8, 4) is 0 Å². The summed E-state index contributed by atoms with van der Waals surface area (Å²) in [5.41, 5.74) is 2.62. The molecule has 0 saturated carbocycles. The molecule has 1 rings (SSSR count). The molecular formula is C15H24O3S. The molecule has 0 heterocycles. The minimum atomic E-state index is -3.80. The highest BCUT2D eigenvalue weighted by molar-refractivity contribution is 7.85. The summed E-state index contributed by atoms with van der Waals surface area (Å²) in [6.45, 7) is 2.20. The van der Waals surface area contributed by atoms with E-state index in [2.05, 4.69) is 31.2 Å². The molecule has 19 heavy (non-hydrogen) atoms. The minimum absolute atomic E-state index is 0.136. The van der Waals surface area contributed by atoms with Gasteiger partial charge in [-0.15, -0.1) is 0 Å². The maximum Gasteiger partial charge on any atom is 0.264 e. The zero-order valence-electron chi connectivity index (χ0n) is 11.6. The molecule has 1 aromatic carbocycles. The molecule has 0 aliphatic rings. The Morgan fingerprint density at radius 1 is 1.00 bits per heavy atom. The second kappa shape index (κ2) is 8.33. The van der Waals surface area contributed by atoms with Gasteiger partial charge in [0.1, 0.15) is 0 Å². The number of rotatable bonds is 9. The lowest BCUT2D eigenvalue weighted by atomic mass is 10.0. The first-order valence-corrected chi connectivity index (χ1v) is 8.65. The number of hydrogen-bond donors (Lipinski definition) is 1. The van der Waals surface area contributed by atoms with Gasteiger partial charge in [0, 0.05) is 0 Å². The van der Waals surface area contributed by atoms with Gasteiger partial charge in [0.2, 0.25) is 0 Å². The van der Waals surface area contributed by atoms with Crippen molar-refractivity contribution in [1.29, 1.82) is 0 Å². The van der Waals surface area contributed by atoms with Crippen LogP contribution in [0.1, 0.15) is 50.2 Å². The molecule has 0 atom stereocenters. The summed E-state index contributed by atoms with van der Waals surface area (Å²) < 4.78 is 29.8. The smallest absolute Gasteiger partial charge is 0.264 e. The van der Waals surface area contributed by atoms with Gasteiger partial charge < -0.3 is 0 Å². The summed E-state index contributed by atoms with van der Waals surface area (Å²) >= 11 is 0. The van der Waals surface area contributed by atoms with E-state index >= 15 is 0 Å². The molecule has 0 unspecified atom stereocenters. The third kappa shape index (κ3) is 8.01. The zero-order chi connectivity index (χ0) is 14.1. The van der Waals surface area contributed by atoms with Crippen LogP contribution in [0.5, 0.6) is 0 Å². The molecule has 0 fully saturated rings. The molecule has 0 saturated heterocycles. The third-order valence-electron chi connectivity index (χ3n) is 3.18. The van der Waals surface area contributed by atoms with Crippen molar-refractivity contribution in [2.24, 2.45) is 0 Å². The van der Waals surface area contributed by atoms with Crippen LogP contribution in [-0.4, -0.2) is 18.7 Å². The first kappa shape index (κ1) is 16.2. The van der Waals surface area contributed by atoms with E-state index in [9.17, 15) is 8.42 Å². The summed E-state index contributed by atoms with van der Waals surface area (Å²) in [6.07, 6.45) is 7.01. The van der Waals surface area contributed by atoms with Gasteiger partial charge in [0.25, 0.3) is 10.1 Å². The van der Waals surface area contributed by atoms with Crippen LogP contribution in [0.15, 0.2) is 24.3 Å².